The summed E-state index contributed by atoms with van der Waals surface area (Å²) in [5.74, 6) is 0. The van der Waals surface area contributed by atoms with E-state index in [0.717, 1.165) is 12.6 Å². The largest absolute Gasteiger partial charge is 0.299 e. The van der Waals surface area contributed by atoms with Gasteiger partial charge in [-0.3, -0.25) is 9.80 Å². The van der Waals surface area contributed by atoms with E-state index in [2.05, 4.69) is 60.9 Å². The SMILES string of the molecule is CCN1CCCCC1CN(Cc1ccccc1)C(C)C. The Morgan fingerprint density at radius 1 is 1.20 bits per heavy atom. The van der Waals surface area contributed by atoms with Crippen molar-refractivity contribution in [3.8, 4) is 0 Å². The number of rotatable bonds is 6. The van der Waals surface area contributed by atoms with E-state index >= 15 is 0 Å². The zero-order chi connectivity index (χ0) is 14.4. The lowest BCUT2D eigenvalue weighted by atomic mass is 10.0. The van der Waals surface area contributed by atoms with Gasteiger partial charge in [-0.25, -0.2) is 0 Å². The number of likely N-dealkylation sites (tertiary alicyclic amines) is 1. The summed E-state index contributed by atoms with van der Waals surface area (Å²) in [7, 11) is 0. The van der Waals surface area contributed by atoms with Crippen LogP contribution in [-0.2, 0) is 6.54 Å². The number of benzene rings is 1. The van der Waals surface area contributed by atoms with E-state index in [4.69, 9.17) is 0 Å². The van der Waals surface area contributed by atoms with Crippen LogP contribution in [0.5, 0.6) is 0 Å². The fourth-order valence-electron chi connectivity index (χ4n) is 3.23. The molecule has 1 saturated heterocycles. The number of nitrogens with zero attached hydrogens (tertiary/aromatic N) is 2. The van der Waals surface area contributed by atoms with Gasteiger partial charge in [0.25, 0.3) is 0 Å². The Kier molecular flexibility index (Phi) is 6.06. The lowest BCUT2D eigenvalue weighted by Gasteiger charge is -2.39. The van der Waals surface area contributed by atoms with Gasteiger partial charge in [-0.1, -0.05) is 43.7 Å². The Bertz CT molecular complexity index is 374. The summed E-state index contributed by atoms with van der Waals surface area (Å²) in [6, 6.07) is 12.2. The molecule has 1 aromatic rings. The maximum absolute atomic E-state index is 2.67. The molecule has 1 atom stereocenters. The fourth-order valence-corrected chi connectivity index (χ4v) is 3.23. The topological polar surface area (TPSA) is 6.48 Å². The molecular weight excluding hydrogens is 244 g/mol. The van der Waals surface area contributed by atoms with E-state index in [1.165, 1.54) is 44.5 Å². The van der Waals surface area contributed by atoms with Gasteiger partial charge >= 0.3 is 0 Å². The van der Waals surface area contributed by atoms with Gasteiger partial charge in [0.05, 0.1) is 0 Å². The molecular formula is C18H30N2. The minimum Gasteiger partial charge on any atom is -0.299 e. The molecule has 2 rings (SSSR count). The van der Waals surface area contributed by atoms with Gasteiger partial charge < -0.3 is 0 Å². The van der Waals surface area contributed by atoms with Crippen LogP contribution in [0.1, 0.15) is 45.6 Å². The maximum atomic E-state index is 2.67. The minimum absolute atomic E-state index is 0.607. The average molecular weight is 274 g/mol. The molecule has 20 heavy (non-hydrogen) atoms. The lowest BCUT2D eigenvalue weighted by molar-refractivity contribution is 0.0912. The number of piperidine rings is 1. The number of hydrogen-bond donors (Lipinski definition) is 0. The first kappa shape index (κ1) is 15.5. The van der Waals surface area contributed by atoms with Gasteiger partial charge in [-0.2, -0.15) is 0 Å². The van der Waals surface area contributed by atoms with Crippen molar-refractivity contribution in [3.05, 3.63) is 35.9 Å². The number of hydrogen-bond acceptors (Lipinski definition) is 2. The molecule has 1 aromatic carbocycles. The first-order valence-corrected chi connectivity index (χ1v) is 8.22. The summed E-state index contributed by atoms with van der Waals surface area (Å²) in [5.41, 5.74) is 1.43. The van der Waals surface area contributed by atoms with Crippen molar-refractivity contribution in [1.29, 1.82) is 0 Å². The standard InChI is InChI=1S/C18H30N2/c1-4-19-13-9-8-12-18(19)15-20(16(2)3)14-17-10-6-5-7-11-17/h5-7,10-11,16,18H,4,8-9,12-15H2,1-3H3. The van der Waals surface area contributed by atoms with Crippen LogP contribution in [0.3, 0.4) is 0 Å². The second-order valence-electron chi connectivity index (χ2n) is 6.29. The number of likely N-dealkylation sites (N-methyl/N-ethyl adjacent to an activating group) is 1. The maximum Gasteiger partial charge on any atom is 0.0237 e. The molecule has 0 amide bonds. The van der Waals surface area contributed by atoms with Crippen LogP contribution in [0.25, 0.3) is 0 Å². The highest BCUT2D eigenvalue weighted by molar-refractivity contribution is 5.14. The Morgan fingerprint density at radius 2 is 1.95 bits per heavy atom. The third-order valence-corrected chi connectivity index (χ3v) is 4.56. The van der Waals surface area contributed by atoms with Gasteiger partial charge in [0, 0.05) is 25.2 Å². The summed E-state index contributed by atoms with van der Waals surface area (Å²) in [5, 5.41) is 0. The van der Waals surface area contributed by atoms with Crippen LogP contribution >= 0.6 is 0 Å². The van der Waals surface area contributed by atoms with Crippen molar-refractivity contribution >= 4 is 0 Å². The first-order chi connectivity index (χ1) is 9.70. The molecule has 1 heterocycles. The van der Waals surface area contributed by atoms with Gasteiger partial charge in [-0.15, -0.1) is 0 Å². The molecule has 0 spiro atoms. The van der Waals surface area contributed by atoms with Crippen LogP contribution in [0.2, 0.25) is 0 Å². The van der Waals surface area contributed by atoms with E-state index in [0.29, 0.717) is 6.04 Å². The molecule has 0 radical (unpaired) electrons. The van der Waals surface area contributed by atoms with Crippen LogP contribution in [0.15, 0.2) is 30.3 Å². The van der Waals surface area contributed by atoms with Crippen molar-refractivity contribution in [1.82, 2.24) is 9.80 Å². The zero-order valence-corrected chi connectivity index (χ0v) is 13.4. The van der Waals surface area contributed by atoms with Crippen LogP contribution < -0.4 is 0 Å². The summed E-state index contributed by atoms with van der Waals surface area (Å²) >= 11 is 0. The zero-order valence-electron chi connectivity index (χ0n) is 13.4. The van der Waals surface area contributed by atoms with E-state index in [1.807, 2.05) is 0 Å². The molecule has 1 unspecified atom stereocenters. The fraction of sp³-hybridized carbons (Fsp3) is 0.667. The smallest absolute Gasteiger partial charge is 0.0237 e. The normalized spacial score (nSPS) is 20.8. The summed E-state index contributed by atoms with van der Waals surface area (Å²) < 4.78 is 0. The van der Waals surface area contributed by atoms with Crippen molar-refractivity contribution in [2.24, 2.45) is 0 Å². The van der Waals surface area contributed by atoms with Gasteiger partial charge in [0.1, 0.15) is 0 Å². The van der Waals surface area contributed by atoms with E-state index in [1.54, 1.807) is 0 Å². The molecule has 0 bridgehead atoms. The molecule has 2 heteroatoms. The Morgan fingerprint density at radius 3 is 2.60 bits per heavy atom. The Balaban J connectivity index is 1.98. The van der Waals surface area contributed by atoms with Crippen molar-refractivity contribution in [2.75, 3.05) is 19.6 Å². The predicted molar refractivity (Wildman–Crippen MR) is 86.9 cm³/mol. The van der Waals surface area contributed by atoms with Gasteiger partial charge in [-0.05, 0) is 45.3 Å². The third kappa shape index (κ3) is 4.32. The van der Waals surface area contributed by atoms with Crippen LogP contribution in [0.4, 0.5) is 0 Å². The third-order valence-electron chi connectivity index (χ3n) is 4.56. The first-order valence-electron chi connectivity index (χ1n) is 8.22. The summed E-state index contributed by atoms with van der Waals surface area (Å²) in [4.78, 5) is 5.30. The quantitative estimate of drug-likeness (QED) is 0.779. The van der Waals surface area contributed by atoms with Crippen molar-refractivity contribution in [3.63, 3.8) is 0 Å². The Labute approximate surface area is 124 Å². The van der Waals surface area contributed by atoms with Crippen LogP contribution in [0, 0.1) is 0 Å². The molecule has 0 N–H and O–H groups in total. The molecule has 0 saturated carbocycles. The lowest BCUT2D eigenvalue weighted by Crippen LogP contribution is -2.48. The second kappa shape index (κ2) is 7.80. The summed E-state index contributed by atoms with van der Waals surface area (Å²) in [6.45, 7) is 11.7. The van der Waals surface area contributed by atoms with Crippen LogP contribution in [-0.4, -0.2) is 41.5 Å². The van der Waals surface area contributed by atoms with Crippen molar-refractivity contribution in [2.45, 2.75) is 58.7 Å². The molecule has 1 aliphatic heterocycles. The van der Waals surface area contributed by atoms with Crippen molar-refractivity contribution < 1.29 is 0 Å². The highest BCUT2D eigenvalue weighted by Crippen LogP contribution is 2.19. The molecule has 2 nitrogen and oxygen atoms in total. The highest BCUT2D eigenvalue weighted by atomic mass is 15.2. The Hall–Kier alpha value is -0.860. The molecule has 112 valence electrons. The van der Waals surface area contributed by atoms with E-state index in [-0.39, 0.29) is 0 Å². The molecule has 0 aromatic heterocycles. The molecule has 1 fully saturated rings. The van der Waals surface area contributed by atoms with Gasteiger partial charge in [0.2, 0.25) is 0 Å². The average Bonchev–Trinajstić information content (AvgIpc) is 2.48. The molecule has 1 aliphatic rings. The van der Waals surface area contributed by atoms with Gasteiger partial charge in [0.15, 0.2) is 0 Å². The molecule has 0 aliphatic carbocycles. The minimum atomic E-state index is 0.607. The van der Waals surface area contributed by atoms with E-state index < -0.39 is 0 Å². The summed E-state index contributed by atoms with van der Waals surface area (Å²) in [6.07, 6.45) is 4.15. The highest BCUT2D eigenvalue weighted by Gasteiger charge is 2.24. The van der Waals surface area contributed by atoms with E-state index in [9.17, 15) is 0 Å². The second-order valence-corrected chi connectivity index (χ2v) is 6.29. The predicted octanol–water partition coefficient (Wildman–Crippen LogP) is 3.77. The monoisotopic (exact) mass is 274 g/mol.